The molecule has 2 saturated heterocycles. The van der Waals surface area contributed by atoms with Crippen molar-refractivity contribution in [1.82, 2.24) is 20.1 Å². The maximum Gasteiger partial charge on any atom is 0.241 e. The molecule has 1 aromatic carbocycles. The van der Waals surface area contributed by atoms with Gasteiger partial charge in [0.05, 0.1) is 50.0 Å². The molecule has 0 saturated carbocycles. The lowest BCUT2D eigenvalue weighted by Crippen LogP contribution is -2.62. The molecule has 1 aromatic heterocycles. The van der Waals surface area contributed by atoms with E-state index >= 15 is 0 Å². The number of halogens is 1. The second-order valence-electron chi connectivity index (χ2n) is 12.6. The standard InChI is InChI=1S/C31H44FN5O4/c1-20-13-36(25(12-33-20)14-35-7-8-41-18-21(35)2)15-29(40)37-19-31(3,4)30-28(37)11-23(27(17-39)34-30)9-22-5-6-26(32)24(10-22)16-38/h5-6,10-11,20-21,25,33,38-39H,7-9,12-19H2,1-4H3/t20-,21-,25-/m1/s1. The molecule has 3 aliphatic rings. The molecule has 5 rings (SSSR count). The van der Waals surface area contributed by atoms with Gasteiger partial charge in [-0.2, -0.15) is 0 Å². The largest absolute Gasteiger partial charge is 0.392 e. The first-order valence-electron chi connectivity index (χ1n) is 14.7. The van der Waals surface area contributed by atoms with Gasteiger partial charge in [0.15, 0.2) is 0 Å². The van der Waals surface area contributed by atoms with E-state index in [4.69, 9.17) is 9.72 Å². The van der Waals surface area contributed by atoms with E-state index in [-0.39, 0.29) is 36.1 Å². The molecule has 3 N–H and O–H groups in total. The Kier molecular flexibility index (Phi) is 9.08. The van der Waals surface area contributed by atoms with Crippen molar-refractivity contribution in [1.29, 1.82) is 0 Å². The summed E-state index contributed by atoms with van der Waals surface area (Å²) in [5, 5.41) is 23.3. The van der Waals surface area contributed by atoms with Crippen molar-refractivity contribution >= 4 is 11.6 Å². The number of carbonyl (C=O) groups is 1. The lowest BCUT2D eigenvalue weighted by molar-refractivity contribution is -0.121. The Morgan fingerprint density at radius 1 is 1.17 bits per heavy atom. The quantitative estimate of drug-likeness (QED) is 0.443. The summed E-state index contributed by atoms with van der Waals surface area (Å²) in [6.45, 7) is 13.6. The van der Waals surface area contributed by atoms with Gasteiger partial charge >= 0.3 is 0 Å². The molecule has 0 unspecified atom stereocenters. The number of pyridine rings is 1. The number of ether oxygens (including phenoxy) is 1. The number of piperazine rings is 1. The second-order valence-corrected chi connectivity index (χ2v) is 12.6. The highest BCUT2D eigenvalue weighted by atomic mass is 19.1. The Morgan fingerprint density at radius 2 is 1.98 bits per heavy atom. The Labute approximate surface area is 242 Å². The number of rotatable bonds is 8. The molecule has 41 heavy (non-hydrogen) atoms. The maximum absolute atomic E-state index is 14.0. The SMILES string of the molecule is C[C@@H]1CN(CC(=O)N2CC(C)(C)c3nc(CO)c(Cc4ccc(F)c(CO)c4)cc32)[C@@H](CN2CCOC[C@H]2C)CN1. The number of fused-ring (bicyclic) bond motifs is 1. The first-order valence-corrected chi connectivity index (χ1v) is 14.7. The molecule has 10 heteroatoms. The van der Waals surface area contributed by atoms with Gasteiger partial charge in [0, 0.05) is 61.8 Å². The summed E-state index contributed by atoms with van der Waals surface area (Å²) in [4.78, 5) is 25.5. The van der Waals surface area contributed by atoms with Crippen LogP contribution in [0.5, 0.6) is 0 Å². The highest BCUT2D eigenvalue weighted by molar-refractivity contribution is 5.97. The number of nitrogens with zero attached hydrogens (tertiary/aromatic N) is 4. The topological polar surface area (TPSA) is 101 Å². The third kappa shape index (κ3) is 6.48. The molecule has 3 atom stereocenters. The van der Waals surface area contributed by atoms with Crippen LogP contribution in [0.2, 0.25) is 0 Å². The molecule has 1 amide bonds. The van der Waals surface area contributed by atoms with E-state index in [0.717, 1.165) is 61.9 Å². The zero-order valence-corrected chi connectivity index (χ0v) is 24.7. The van der Waals surface area contributed by atoms with E-state index < -0.39 is 5.82 Å². The van der Waals surface area contributed by atoms with Crippen LogP contribution in [0.15, 0.2) is 24.3 Å². The number of aromatic nitrogens is 1. The van der Waals surface area contributed by atoms with Crippen LogP contribution < -0.4 is 10.2 Å². The van der Waals surface area contributed by atoms with Gasteiger partial charge in [0.1, 0.15) is 5.82 Å². The second kappa shape index (κ2) is 12.4. The van der Waals surface area contributed by atoms with E-state index in [9.17, 15) is 19.4 Å². The van der Waals surface area contributed by atoms with Crippen molar-refractivity contribution in [3.05, 3.63) is 58.2 Å². The summed E-state index contributed by atoms with van der Waals surface area (Å²) >= 11 is 0. The number of nitrogens with one attached hydrogen (secondary N) is 1. The first-order chi connectivity index (χ1) is 19.6. The number of anilines is 1. The molecule has 2 aromatic rings. The highest BCUT2D eigenvalue weighted by Gasteiger charge is 2.41. The first kappa shape index (κ1) is 30.0. The van der Waals surface area contributed by atoms with Gasteiger partial charge in [-0.25, -0.2) is 4.39 Å². The summed E-state index contributed by atoms with van der Waals surface area (Å²) in [5.74, 6) is -0.410. The van der Waals surface area contributed by atoms with E-state index in [0.29, 0.717) is 37.3 Å². The molecule has 0 aliphatic carbocycles. The molecule has 3 aliphatic heterocycles. The molecule has 0 spiro atoms. The fourth-order valence-corrected chi connectivity index (χ4v) is 6.40. The molecule has 0 radical (unpaired) electrons. The molecular weight excluding hydrogens is 525 g/mol. The minimum Gasteiger partial charge on any atom is -0.392 e. The minimum atomic E-state index is -0.451. The Morgan fingerprint density at radius 3 is 2.71 bits per heavy atom. The van der Waals surface area contributed by atoms with Crippen LogP contribution in [-0.2, 0) is 34.6 Å². The average molecular weight is 570 g/mol. The minimum absolute atomic E-state index is 0.0415. The number of aliphatic hydroxyl groups is 2. The van der Waals surface area contributed by atoms with Crippen molar-refractivity contribution in [2.24, 2.45) is 0 Å². The average Bonchev–Trinajstić information content (AvgIpc) is 3.21. The highest BCUT2D eigenvalue weighted by Crippen LogP contribution is 2.41. The lowest BCUT2D eigenvalue weighted by atomic mass is 9.90. The van der Waals surface area contributed by atoms with Crippen molar-refractivity contribution in [2.45, 2.75) is 70.9 Å². The molecule has 224 valence electrons. The van der Waals surface area contributed by atoms with E-state index in [1.54, 1.807) is 12.1 Å². The van der Waals surface area contributed by atoms with Crippen LogP contribution in [0.1, 0.15) is 55.8 Å². The number of aliphatic hydroxyl groups excluding tert-OH is 2. The van der Waals surface area contributed by atoms with Crippen LogP contribution in [-0.4, -0.2) is 102 Å². The van der Waals surface area contributed by atoms with Crippen LogP contribution in [0, 0.1) is 5.82 Å². The third-order valence-corrected chi connectivity index (χ3v) is 8.80. The van der Waals surface area contributed by atoms with Crippen LogP contribution in [0.4, 0.5) is 10.1 Å². The number of carbonyl (C=O) groups excluding carboxylic acids is 1. The predicted molar refractivity (Wildman–Crippen MR) is 155 cm³/mol. The normalized spacial score (nSPS) is 25.0. The predicted octanol–water partition coefficient (Wildman–Crippen LogP) is 1.80. The van der Waals surface area contributed by atoms with Crippen molar-refractivity contribution in [2.75, 3.05) is 57.4 Å². The zero-order chi connectivity index (χ0) is 29.3. The van der Waals surface area contributed by atoms with Crippen LogP contribution >= 0.6 is 0 Å². The molecule has 9 nitrogen and oxygen atoms in total. The molecular formula is C31H44FN5O4. The van der Waals surface area contributed by atoms with Crippen molar-refractivity contribution < 1.29 is 24.1 Å². The number of morpholine rings is 1. The Bertz CT molecular complexity index is 1260. The smallest absolute Gasteiger partial charge is 0.241 e. The zero-order valence-electron chi connectivity index (χ0n) is 24.7. The molecule has 4 heterocycles. The summed E-state index contributed by atoms with van der Waals surface area (Å²) in [6, 6.07) is 7.50. The maximum atomic E-state index is 14.0. The summed E-state index contributed by atoms with van der Waals surface area (Å²) < 4.78 is 19.6. The summed E-state index contributed by atoms with van der Waals surface area (Å²) in [5.41, 5.74) is 3.58. The lowest BCUT2D eigenvalue weighted by Gasteiger charge is -2.43. The van der Waals surface area contributed by atoms with Gasteiger partial charge in [-0.3, -0.25) is 19.6 Å². The monoisotopic (exact) mass is 569 g/mol. The van der Waals surface area contributed by atoms with Gasteiger partial charge in [0.25, 0.3) is 0 Å². The van der Waals surface area contributed by atoms with Crippen molar-refractivity contribution in [3.8, 4) is 0 Å². The Balaban J connectivity index is 1.39. The number of hydrogen-bond donors (Lipinski definition) is 3. The molecule has 2 fully saturated rings. The van der Waals surface area contributed by atoms with Crippen molar-refractivity contribution in [3.63, 3.8) is 0 Å². The fourth-order valence-electron chi connectivity index (χ4n) is 6.40. The molecule has 0 bridgehead atoms. The fraction of sp³-hybridized carbons (Fsp3) is 0.613. The van der Waals surface area contributed by atoms with Gasteiger partial charge in [-0.15, -0.1) is 0 Å². The number of benzene rings is 1. The number of hydrogen-bond acceptors (Lipinski definition) is 8. The number of amides is 1. The van der Waals surface area contributed by atoms with Crippen LogP contribution in [0.3, 0.4) is 0 Å². The third-order valence-electron chi connectivity index (χ3n) is 8.80. The van der Waals surface area contributed by atoms with Crippen LogP contribution in [0.25, 0.3) is 0 Å². The van der Waals surface area contributed by atoms with Gasteiger partial charge in [-0.1, -0.05) is 26.0 Å². The van der Waals surface area contributed by atoms with E-state index in [1.807, 2.05) is 11.0 Å². The van der Waals surface area contributed by atoms with Gasteiger partial charge < -0.3 is 25.2 Å². The Hall–Kier alpha value is -2.47. The van der Waals surface area contributed by atoms with Gasteiger partial charge in [0.2, 0.25) is 5.91 Å². The summed E-state index contributed by atoms with van der Waals surface area (Å²) in [7, 11) is 0. The van der Waals surface area contributed by atoms with Gasteiger partial charge in [-0.05, 0) is 43.5 Å². The van der Waals surface area contributed by atoms with E-state index in [2.05, 4.69) is 42.8 Å². The summed E-state index contributed by atoms with van der Waals surface area (Å²) in [6.07, 6.45) is 0.404. The van der Waals surface area contributed by atoms with E-state index in [1.165, 1.54) is 6.07 Å².